The Balaban J connectivity index is 1.98. The Morgan fingerprint density at radius 2 is 1.71 bits per heavy atom. The SMILES string of the molecule is CC(=O)Nc1ccc(O[C@H](C)C(=O)Nc2cc(F)ccc2F)cc1. The van der Waals surface area contributed by atoms with E-state index >= 15 is 0 Å². The molecular formula is C17H16F2N2O3. The summed E-state index contributed by atoms with van der Waals surface area (Å²) in [4.78, 5) is 22.9. The van der Waals surface area contributed by atoms with Crippen LogP contribution in [0.4, 0.5) is 20.2 Å². The van der Waals surface area contributed by atoms with E-state index in [0.29, 0.717) is 11.4 Å². The van der Waals surface area contributed by atoms with Gasteiger partial charge in [-0.3, -0.25) is 9.59 Å². The van der Waals surface area contributed by atoms with Crippen LogP contribution in [0.25, 0.3) is 0 Å². The molecule has 2 aromatic rings. The van der Waals surface area contributed by atoms with Crippen LogP contribution < -0.4 is 15.4 Å². The van der Waals surface area contributed by atoms with Crippen molar-refractivity contribution in [3.8, 4) is 5.75 Å². The molecule has 0 fully saturated rings. The molecule has 2 amide bonds. The van der Waals surface area contributed by atoms with Gasteiger partial charge in [0.2, 0.25) is 5.91 Å². The van der Waals surface area contributed by atoms with E-state index in [9.17, 15) is 18.4 Å². The number of hydrogen-bond acceptors (Lipinski definition) is 3. The Morgan fingerprint density at radius 1 is 1.04 bits per heavy atom. The van der Waals surface area contributed by atoms with Crippen molar-refractivity contribution in [1.29, 1.82) is 0 Å². The first kappa shape index (κ1) is 17.4. The number of amides is 2. The molecule has 0 radical (unpaired) electrons. The number of carbonyl (C=O) groups excluding carboxylic acids is 2. The molecule has 0 saturated heterocycles. The zero-order chi connectivity index (χ0) is 17.7. The molecule has 0 aliphatic heterocycles. The molecule has 0 heterocycles. The van der Waals surface area contributed by atoms with Gasteiger partial charge in [0.15, 0.2) is 6.10 Å². The fourth-order valence-corrected chi connectivity index (χ4v) is 1.91. The highest BCUT2D eigenvalue weighted by Gasteiger charge is 2.17. The normalized spacial score (nSPS) is 11.5. The number of ether oxygens (including phenoxy) is 1. The third-order valence-corrected chi connectivity index (χ3v) is 3.04. The van der Waals surface area contributed by atoms with E-state index in [-0.39, 0.29) is 11.6 Å². The Morgan fingerprint density at radius 3 is 2.33 bits per heavy atom. The van der Waals surface area contributed by atoms with Crippen molar-refractivity contribution in [2.75, 3.05) is 10.6 Å². The highest BCUT2D eigenvalue weighted by Crippen LogP contribution is 2.19. The summed E-state index contributed by atoms with van der Waals surface area (Å²) in [6.45, 7) is 2.87. The molecule has 0 spiro atoms. The van der Waals surface area contributed by atoms with Crippen LogP contribution in [0.15, 0.2) is 42.5 Å². The summed E-state index contributed by atoms with van der Waals surface area (Å²) in [6.07, 6.45) is -0.931. The van der Waals surface area contributed by atoms with Crippen LogP contribution >= 0.6 is 0 Å². The predicted molar refractivity (Wildman–Crippen MR) is 85.8 cm³/mol. The molecular weight excluding hydrogens is 318 g/mol. The van der Waals surface area contributed by atoms with Crippen molar-refractivity contribution in [2.24, 2.45) is 0 Å². The number of rotatable bonds is 5. The summed E-state index contributed by atoms with van der Waals surface area (Å²) in [5.74, 6) is -1.82. The monoisotopic (exact) mass is 334 g/mol. The Labute approximate surface area is 137 Å². The van der Waals surface area contributed by atoms with Gasteiger partial charge in [-0.25, -0.2) is 8.78 Å². The van der Waals surface area contributed by atoms with Crippen molar-refractivity contribution in [1.82, 2.24) is 0 Å². The van der Waals surface area contributed by atoms with Crippen LogP contribution in [0.1, 0.15) is 13.8 Å². The lowest BCUT2D eigenvalue weighted by Crippen LogP contribution is -2.30. The first-order valence-electron chi connectivity index (χ1n) is 7.15. The van der Waals surface area contributed by atoms with Gasteiger partial charge in [0.05, 0.1) is 5.69 Å². The average Bonchev–Trinajstić information content (AvgIpc) is 2.52. The number of anilines is 2. The van der Waals surface area contributed by atoms with Crippen molar-refractivity contribution < 1.29 is 23.1 Å². The molecule has 0 bridgehead atoms. The Bertz CT molecular complexity index is 748. The van der Waals surface area contributed by atoms with Crippen molar-refractivity contribution in [3.63, 3.8) is 0 Å². The van der Waals surface area contributed by atoms with Gasteiger partial charge in [0.25, 0.3) is 5.91 Å². The minimum Gasteiger partial charge on any atom is -0.481 e. The van der Waals surface area contributed by atoms with E-state index in [1.807, 2.05) is 0 Å². The average molecular weight is 334 g/mol. The summed E-state index contributed by atoms with van der Waals surface area (Å²) in [6, 6.07) is 9.18. The second kappa shape index (κ2) is 7.54. The molecule has 0 aliphatic rings. The van der Waals surface area contributed by atoms with E-state index in [0.717, 1.165) is 18.2 Å². The van der Waals surface area contributed by atoms with Gasteiger partial charge in [0, 0.05) is 18.7 Å². The number of nitrogens with one attached hydrogen (secondary N) is 2. The van der Waals surface area contributed by atoms with Crippen molar-refractivity contribution in [2.45, 2.75) is 20.0 Å². The van der Waals surface area contributed by atoms with Crippen LogP contribution in [0, 0.1) is 11.6 Å². The number of hydrogen-bond donors (Lipinski definition) is 2. The van der Waals surface area contributed by atoms with E-state index < -0.39 is 23.6 Å². The van der Waals surface area contributed by atoms with Gasteiger partial charge >= 0.3 is 0 Å². The third kappa shape index (κ3) is 4.77. The maximum Gasteiger partial charge on any atom is 0.265 e. The summed E-state index contributed by atoms with van der Waals surface area (Å²) >= 11 is 0. The standard InChI is InChI=1S/C17H16F2N2O3/c1-10(17(23)21-16-9-12(18)3-8-15(16)19)24-14-6-4-13(5-7-14)20-11(2)22/h3-10H,1-2H3,(H,20,22)(H,21,23)/t10-/m1/s1. The summed E-state index contributed by atoms with van der Waals surface area (Å²) in [5, 5.41) is 4.87. The van der Waals surface area contributed by atoms with Crippen LogP contribution in [-0.4, -0.2) is 17.9 Å². The van der Waals surface area contributed by atoms with E-state index in [1.165, 1.54) is 13.8 Å². The highest BCUT2D eigenvalue weighted by molar-refractivity contribution is 5.94. The lowest BCUT2D eigenvalue weighted by atomic mass is 10.2. The minimum atomic E-state index is -0.931. The molecule has 0 aromatic heterocycles. The second-order valence-electron chi connectivity index (χ2n) is 5.08. The van der Waals surface area contributed by atoms with E-state index in [2.05, 4.69) is 10.6 Å². The van der Waals surface area contributed by atoms with E-state index in [1.54, 1.807) is 24.3 Å². The summed E-state index contributed by atoms with van der Waals surface area (Å²) < 4.78 is 32.0. The van der Waals surface area contributed by atoms with Gasteiger partial charge in [-0.2, -0.15) is 0 Å². The second-order valence-corrected chi connectivity index (χ2v) is 5.08. The molecule has 126 valence electrons. The van der Waals surface area contributed by atoms with Gasteiger partial charge in [-0.15, -0.1) is 0 Å². The molecule has 0 aliphatic carbocycles. The Kier molecular flexibility index (Phi) is 5.47. The van der Waals surface area contributed by atoms with Crippen molar-refractivity contribution in [3.05, 3.63) is 54.1 Å². The maximum absolute atomic E-state index is 13.5. The van der Waals surface area contributed by atoms with E-state index in [4.69, 9.17) is 4.74 Å². The molecule has 2 aromatic carbocycles. The molecule has 1 atom stereocenters. The number of benzene rings is 2. The maximum atomic E-state index is 13.5. The zero-order valence-electron chi connectivity index (χ0n) is 13.1. The smallest absolute Gasteiger partial charge is 0.265 e. The highest BCUT2D eigenvalue weighted by atomic mass is 19.1. The fraction of sp³-hybridized carbons (Fsp3) is 0.176. The van der Waals surface area contributed by atoms with Crippen LogP contribution in [0.2, 0.25) is 0 Å². The predicted octanol–water partition coefficient (Wildman–Crippen LogP) is 3.33. The summed E-state index contributed by atoms with van der Waals surface area (Å²) in [7, 11) is 0. The van der Waals surface area contributed by atoms with Gasteiger partial charge in [0.1, 0.15) is 17.4 Å². The van der Waals surface area contributed by atoms with Crippen LogP contribution in [0.3, 0.4) is 0 Å². The Hall–Kier alpha value is -2.96. The first-order chi connectivity index (χ1) is 11.3. The van der Waals surface area contributed by atoms with Gasteiger partial charge in [-0.1, -0.05) is 0 Å². The summed E-state index contributed by atoms with van der Waals surface area (Å²) in [5.41, 5.74) is 0.338. The molecule has 5 nitrogen and oxygen atoms in total. The lowest BCUT2D eigenvalue weighted by Gasteiger charge is -2.15. The zero-order valence-corrected chi connectivity index (χ0v) is 13.1. The molecule has 0 saturated carbocycles. The topological polar surface area (TPSA) is 67.4 Å². The molecule has 7 heteroatoms. The minimum absolute atomic E-state index is 0.200. The quantitative estimate of drug-likeness (QED) is 0.881. The fourth-order valence-electron chi connectivity index (χ4n) is 1.91. The van der Waals surface area contributed by atoms with Crippen LogP contribution in [0.5, 0.6) is 5.75 Å². The first-order valence-corrected chi connectivity index (χ1v) is 7.15. The lowest BCUT2D eigenvalue weighted by molar-refractivity contribution is -0.122. The van der Waals surface area contributed by atoms with Crippen molar-refractivity contribution >= 4 is 23.2 Å². The number of halogens is 2. The largest absolute Gasteiger partial charge is 0.481 e. The molecule has 24 heavy (non-hydrogen) atoms. The third-order valence-electron chi connectivity index (χ3n) is 3.04. The molecule has 0 unspecified atom stereocenters. The van der Waals surface area contributed by atoms with Gasteiger partial charge in [-0.05, 0) is 43.3 Å². The number of carbonyl (C=O) groups is 2. The van der Waals surface area contributed by atoms with Gasteiger partial charge < -0.3 is 15.4 Å². The molecule has 2 N–H and O–H groups in total. The van der Waals surface area contributed by atoms with Crippen LogP contribution in [-0.2, 0) is 9.59 Å². The molecule has 2 rings (SSSR count).